The second kappa shape index (κ2) is 6.39. The molecule has 21 heavy (non-hydrogen) atoms. The Balaban J connectivity index is 1.69. The summed E-state index contributed by atoms with van der Waals surface area (Å²) in [4.78, 5) is 7.01. The second-order valence-corrected chi connectivity index (χ2v) is 6.14. The van der Waals surface area contributed by atoms with Gasteiger partial charge in [0.2, 0.25) is 0 Å². The van der Waals surface area contributed by atoms with Crippen LogP contribution in [0.2, 0.25) is 0 Å². The quantitative estimate of drug-likeness (QED) is 0.863. The minimum absolute atomic E-state index is 0.631. The first kappa shape index (κ1) is 14.3. The summed E-state index contributed by atoms with van der Waals surface area (Å²) in [5.74, 6) is 2.26. The first-order chi connectivity index (χ1) is 10.2. The summed E-state index contributed by atoms with van der Waals surface area (Å²) in [6.45, 7) is 7.47. The molecule has 1 aliphatic heterocycles. The van der Waals surface area contributed by atoms with Gasteiger partial charge in [-0.25, -0.2) is 0 Å². The molecule has 1 aliphatic rings. The van der Waals surface area contributed by atoms with Crippen LogP contribution in [0.1, 0.15) is 37.6 Å². The largest absolute Gasteiger partial charge is 0.334 e. The third kappa shape index (κ3) is 3.50. The van der Waals surface area contributed by atoms with E-state index in [0.717, 1.165) is 42.5 Å². The van der Waals surface area contributed by atoms with Crippen LogP contribution in [0.25, 0.3) is 11.5 Å². The van der Waals surface area contributed by atoms with Gasteiger partial charge in [-0.05, 0) is 56.8 Å². The molecule has 4 nitrogen and oxygen atoms in total. The Hall–Kier alpha value is -1.68. The smallest absolute Gasteiger partial charge is 0.258 e. The Morgan fingerprint density at radius 1 is 1.24 bits per heavy atom. The van der Waals surface area contributed by atoms with E-state index in [1.165, 1.54) is 19.3 Å². The lowest BCUT2D eigenvalue weighted by Gasteiger charge is -2.17. The predicted molar refractivity (Wildman–Crippen MR) is 82.8 cm³/mol. The first-order valence-electron chi connectivity index (χ1n) is 7.83. The maximum atomic E-state index is 5.44. The molecule has 0 amide bonds. The van der Waals surface area contributed by atoms with Crippen molar-refractivity contribution in [2.24, 2.45) is 5.92 Å². The van der Waals surface area contributed by atoms with Gasteiger partial charge in [0.05, 0.1) is 6.54 Å². The molecule has 1 aromatic carbocycles. The summed E-state index contributed by atoms with van der Waals surface area (Å²) in [5, 5.41) is 4.15. The molecule has 1 fully saturated rings. The highest BCUT2D eigenvalue weighted by Gasteiger charge is 2.17. The molecule has 0 radical (unpaired) electrons. The molecule has 4 heteroatoms. The van der Waals surface area contributed by atoms with Crippen molar-refractivity contribution in [3.63, 3.8) is 0 Å². The Morgan fingerprint density at radius 3 is 2.95 bits per heavy atom. The maximum absolute atomic E-state index is 5.44. The lowest BCUT2D eigenvalue weighted by atomic mass is 10.0. The molecule has 2 heterocycles. The number of benzene rings is 1. The molecule has 1 saturated heterocycles. The summed E-state index contributed by atoms with van der Waals surface area (Å²) in [5.41, 5.74) is 2.19. The third-order valence-corrected chi connectivity index (χ3v) is 4.32. The van der Waals surface area contributed by atoms with Crippen LogP contribution in [0.3, 0.4) is 0 Å². The molecule has 112 valence electrons. The average Bonchev–Trinajstić information content (AvgIpc) is 2.83. The van der Waals surface area contributed by atoms with Gasteiger partial charge in [0.25, 0.3) is 5.89 Å². The monoisotopic (exact) mass is 285 g/mol. The molecule has 0 spiro atoms. The summed E-state index contributed by atoms with van der Waals surface area (Å²) in [7, 11) is 0. The van der Waals surface area contributed by atoms with Crippen LogP contribution in [-0.4, -0.2) is 28.1 Å². The van der Waals surface area contributed by atoms with Crippen LogP contribution in [0.5, 0.6) is 0 Å². The number of likely N-dealkylation sites (tertiary alicyclic amines) is 1. The molecule has 1 unspecified atom stereocenters. The highest BCUT2D eigenvalue weighted by Crippen LogP contribution is 2.22. The van der Waals surface area contributed by atoms with Crippen LogP contribution in [-0.2, 0) is 6.54 Å². The zero-order chi connectivity index (χ0) is 14.7. The van der Waals surface area contributed by atoms with E-state index in [1.807, 2.05) is 18.2 Å². The molecule has 0 bridgehead atoms. The van der Waals surface area contributed by atoms with Gasteiger partial charge in [-0.2, -0.15) is 4.98 Å². The van der Waals surface area contributed by atoms with E-state index in [1.54, 1.807) is 0 Å². The molecule has 2 aromatic rings. The van der Waals surface area contributed by atoms with Crippen LogP contribution in [0.15, 0.2) is 28.8 Å². The van der Waals surface area contributed by atoms with Gasteiger partial charge in [0, 0.05) is 5.56 Å². The van der Waals surface area contributed by atoms with Gasteiger partial charge < -0.3 is 4.52 Å². The Morgan fingerprint density at radius 2 is 2.10 bits per heavy atom. The number of nitrogens with zero attached hydrogens (tertiary/aromatic N) is 3. The molecule has 0 N–H and O–H groups in total. The topological polar surface area (TPSA) is 42.2 Å². The van der Waals surface area contributed by atoms with E-state index >= 15 is 0 Å². The highest BCUT2D eigenvalue weighted by molar-refractivity contribution is 5.57. The van der Waals surface area contributed by atoms with E-state index in [-0.39, 0.29) is 0 Å². The molecule has 1 atom stereocenters. The Labute approximate surface area is 126 Å². The molecule has 1 aromatic heterocycles. The average molecular weight is 285 g/mol. The number of aryl methyl sites for hydroxylation is 1. The normalized spacial score (nSPS) is 20.4. The fourth-order valence-corrected chi connectivity index (χ4v) is 2.92. The number of rotatable bonds is 3. The summed E-state index contributed by atoms with van der Waals surface area (Å²) in [6.07, 6.45) is 3.86. The van der Waals surface area contributed by atoms with Crippen LogP contribution < -0.4 is 0 Å². The Bertz CT molecular complexity index is 593. The van der Waals surface area contributed by atoms with Crippen LogP contribution in [0, 0.1) is 12.8 Å². The van der Waals surface area contributed by atoms with Gasteiger partial charge in [0.1, 0.15) is 0 Å². The number of hydrogen-bond donors (Lipinski definition) is 0. The fraction of sp³-hybridized carbons (Fsp3) is 0.529. The van der Waals surface area contributed by atoms with Crippen LogP contribution in [0.4, 0.5) is 0 Å². The molecular formula is C17H23N3O. The van der Waals surface area contributed by atoms with Gasteiger partial charge in [-0.3, -0.25) is 4.90 Å². The van der Waals surface area contributed by atoms with Gasteiger partial charge in [0.15, 0.2) is 5.82 Å². The minimum Gasteiger partial charge on any atom is -0.334 e. The van der Waals surface area contributed by atoms with Crippen molar-refractivity contribution in [1.82, 2.24) is 15.0 Å². The van der Waals surface area contributed by atoms with Crippen molar-refractivity contribution in [3.8, 4) is 11.5 Å². The molecule has 0 aliphatic carbocycles. The summed E-state index contributed by atoms with van der Waals surface area (Å²) >= 11 is 0. The van der Waals surface area contributed by atoms with Crippen molar-refractivity contribution in [1.29, 1.82) is 0 Å². The lowest BCUT2D eigenvalue weighted by molar-refractivity contribution is 0.262. The summed E-state index contributed by atoms with van der Waals surface area (Å²) in [6, 6.07) is 8.12. The Kier molecular flexibility index (Phi) is 4.34. The van der Waals surface area contributed by atoms with E-state index in [0.29, 0.717) is 5.89 Å². The number of aromatic nitrogens is 2. The van der Waals surface area contributed by atoms with Crippen molar-refractivity contribution in [3.05, 3.63) is 35.7 Å². The van der Waals surface area contributed by atoms with Crippen molar-refractivity contribution in [2.75, 3.05) is 13.1 Å². The van der Waals surface area contributed by atoms with Crippen molar-refractivity contribution >= 4 is 0 Å². The maximum Gasteiger partial charge on any atom is 0.258 e. The first-order valence-corrected chi connectivity index (χ1v) is 7.83. The second-order valence-electron chi connectivity index (χ2n) is 6.14. The SMILES string of the molecule is Cc1ccccc1-c1nc(CN2CCCC(C)CC2)no1. The molecule has 3 rings (SSSR count). The zero-order valence-electron chi connectivity index (χ0n) is 12.9. The predicted octanol–water partition coefficient (Wildman–Crippen LogP) is 3.67. The fourth-order valence-electron chi connectivity index (χ4n) is 2.92. The minimum atomic E-state index is 0.631. The van der Waals surface area contributed by atoms with Crippen molar-refractivity contribution < 1.29 is 4.52 Å². The highest BCUT2D eigenvalue weighted by atomic mass is 16.5. The lowest BCUT2D eigenvalue weighted by Crippen LogP contribution is -2.24. The zero-order valence-corrected chi connectivity index (χ0v) is 12.9. The van der Waals surface area contributed by atoms with Crippen LogP contribution >= 0.6 is 0 Å². The molecular weight excluding hydrogens is 262 g/mol. The van der Waals surface area contributed by atoms with E-state index in [2.05, 4.69) is 35.0 Å². The number of hydrogen-bond acceptors (Lipinski definition) is 4. The van der Waals surface area contributed by atoms with Gasteiger partial charge >= 0.3 is 0 Å². The van der Waals surface area contributed by atoms with E-state index in [4.69, 9.17) is 4.52 Å². The van der Waals surface area contributed by atoms with Gasteiger partial charge in [-0.1, -0.05) is 30.3 Å². The van der Waals surface area contributed by atoms with Gasteiger partial charge in [-0.15, -0.1) is 0 Å². The van der Waals surface area contributed by atoms with E-state index in [9.17, 15) is 0 Å². The third-order valence-electron chi connectivity index (χ3n) is 4.32. The van der Waals surface area contributed by atoms with E-state index < -0.39 is 0 Å². The summed E-state index contributed by atoms with van der Waals surface area (Å²) < 4.78 is 5.44. The molecule has 0 saturated carbocycles. The standard InChI is InChI=1S/C17H23N3O/c1-13-6-5-10-20(11-9-13)12-16-18-17(21-19-16)15-8-4-3-7-14(15)2/h3-4,7-8,13H,5-6,9-12H2,1-2H3. The van der Waals surface area contributed by atoms with Crippen molar-refractivity contribution in [2.45, 2.75) is 39.7 Å².